The van der Waals surface area contributed by atoms with Crippen LogP contribution < -0.4 is 0 Å². The molecule has 0 bridgehead atoms. The van der Waals surface area contributed by atoms with Crippen LogP contribution >= 0.6 is 0 Å². The van der Waals surface area contributed by atoms with Crippen LogP contribution in [0.15, 0.2) is 30.5 Å². The summed E-state index contributed by atoms with van der Waals surface area (Å²) < 4.78 is 26.8. The van der Waals surface area contributed by atoms with Crippen molar-refractivity contribution < 1.29 is 18.7 Å². The summed E-state index contributed by atoms with van der Waals surface area (Å²) >= 11 is 0. The van der Waals surface area contributed by atoms with E-state index in [2.05, 4.69) is 5.10 Å². The Hall–Kier alpha value is -2.24. The van der Waals surface area contributed by atoms with E-state index in [0.717, 1.165) is 16.4 Å². The molecule has 1 aromatic carbocycles. The van der Waals surface area contributed by atoms with Crippen molar-refractivity contribution in [2.45, 2.75) is 13.3 Å². The number of aromatic carboxylic acids is 1. The molecular formula is C12H10F2N2O2. The zero-order chi connectivity index (χ0) is 13.3. The lowest BCUT2D eigenvalue weighted by Gasteiger charge is -2.07. The number of aromatic nitrogens is 2. The molecule has 0 saturated carbocycles. The highest BCUT2D eigenvalue weighted by Gasteiger charge is 2.24. The number of benzene rings is 1. The predicted octanol–water partition coefficient (Wildman–Crippen LogP) is 2.82. The van der Waals surface area contributed by atoms with Crippen LogP contribution in [0.2, 0.25) is 0 Å². The van der Waals surface area contributed by atoms with Crippen LogP contribution in [0.25, 0.3) is 5.69 Å². The van der Waals surface area contributed by atoms with E-state index < -0.39 is 23.7 Å². The first-order valence-electron chi connectivity index (χ1n) is 5.17. The highest BCUT2D eigenvalue weighted by Crippen LogP contribution is 2.25. The number of carbonyl (C=O) groups is 1. The van der Waals surface area contributed by atoms with Crippen molar-refractivity contribution in [3.05, 3.63) is 47.3 Å². The van der Waals surface area contributed by atoms with Crippen molar-refractivity contribution in [2.75, 3.05) is 0 Å². The first-order chi connectivity index (χ1) is 8.50. The molecule has 0 spiro atoms. The normalized spacial score (nSPS) is 10.9. The van der Waals surface area contributed by atoms with Crippen LogP contribution in [0.4, 0.5) is 8.78 Å². The first-order valence-corrected chi connectivity index (χ1v) is 5.17. The molecule has 94 valence electrons. The van der Waals surface area contributed by atoms with E-state index in [9.17, 15) is 13.6 Å². The van der Waals surface area contributed by atoms with Gasteiger partial charge in [0.15, 0.2) is 0 Å². The quantitative estimate of drug-likeness (QED) is 0.913. The van der Waals surface area contributed by atoms with Crippen LogP contribution in [0, 0.1) is 6.92 Å². The number of hydrogen-bond acceptors (Lipinski definition) is 2. The average molecular weight is 252 g/mol. The Balaban J connectivity index is 2.57. The maximum atomic E-state index is 12.9. The Morgan fingerprint density at radius 3 is 2.44 bits per heavy atom. The molecule has 2 rings (SSSR count). The van der Waals surface area contributed by atoms with Crippen LogP contribution in [0.1, 0.15) is 28.0 Å². The summed E-state index contributed by atoms with van der Waals surface area (Å²) in [5, 5.41) is 12.5. The lowest BCUT2D eigenvalue weighted by atomic mass is 10.2. The molecule has 18 heavy (non-hydrogen) atoms. The minimum atomic E-state index is -2.90. The van der Waals surface area contributed by atoms with E-state index in [1.54, 1.807) is 24.3 Å². The minimum absolute atomic E-state index is 0.406. The third-order valence-corrected chi connectivity index (χ3v) is 2.52. The molecule has 0 atom stereocenters. The summed E-state index contributed by atoms with van der Waals surface area (Å²) in [6.45, 7) is 1.86. The van der Waals surface area contributed by atoms with E-state index >= 15 is 0 Å². The molecule has 0 aliphatic rings. The highest BCUT2D eigenvalue weighted by molar-refractivity contribution is 5.88. The molecule has 0 radical (unpaired) electrons. The van der Waals surface area contributed by atoms with Gasteiger partial charge in [0.1, 0.15) is 11.3 Å². The van der Waals surface area contributed by atoms with Crippen LogP contribution in [0.3, 0.4) is 0 Å². The number of carboxylic acids is 1. The molecule has 0 saturated heterocycles. The van der Waals surface area contributed by atoms with Crippen molar-refractivity contribution >= 4 is 5.97 Å². The lowest BCUT2D eigenvalue weighted by molar-refractivity contribution is 0.0683. The smallest absolute Gasteiger partial charge is 0.339 e. The Morgan fingerprint density at radius 2 is 1.94 bits per heavy atom. The topological polar surface area (TPSA) is 55.1 Å². The standard InChI is InChI=1S/C12H10F2N2O2/c1-7-2-4-8(5-3-7)16-10(11(13)14)9(6-15-16)12(17)18/h2-6,11H,1H3,(H,17,18). The Kier molecular flexibility index (Phi) is 3.10. The highest BCUT2D eigenvalue weighted by atomic mass is 19.3. The number of halogens is 2. The molecule has 1 aromatic heterocycles. The van der Waals surface area contributed by atoms with E-state index in [1.165, 1.54) is 0 Å². The monoisotopic (exact) mass is 252 g/mol. The largest absolute Gasteiger partial charge is 0.478 e. The second kappa shape index (κ2) is 4.56. The maximum absolute atomic E-state index is 12.9. The molecular weight excluding hydrogens is 242 g/mol. The molecule has 2 aromatic rings. The third kappa shape index (κ3) is 2.09. The zero-order valence-corrected chi connectivity index (χ0v) is 9.47. The van der Waals surface area contributed by atoms with E-state index in [-0.39, 0.29) is 0 Å². The van der Waals surface area contributed by atoms with Gasteiger partial charge >= 0.3 is 5.97 Å². The van der Waals surface area contributed by atoms with Crippen LogP contribution in [0.5, 0.6) is 0 Å². The van der Waals surface area contributed by atoms with E-state index in [1.807, 2.05) is 6.92 Å². The van der Waals surface area contributed by atoms with Gasteiger partial charge in [-0.3, -0.25) is 0 Å². The van der Waals surface area contributed by atoms with Gasteiger partial charge in [0, 0.05) is 0 Å². The van der Waals surface area contributed by atoms with Gasteiger partial charge in [-0.1, -0.05) is 17.7 Å². The summed E-state index contributed by atoms with van der Waals surface area (Å²) in [7, 11) is 0. The van der Waals surface area contributed by atoms with Gasteiger partial charge in [0.2, 0.25) is 0 Å². The van der Waals surface area contributed by atoms with Crippen LogP contribution in [-0.2, 0) is 0 Å². The first kappa shape index (κ1) is 12.2. The van der Waals surface area contributed by atoms with E-state index in [4.69, 9.17) is 5.11 Å². The second-order valence-corrected chi connectivity index (χ2v) is 3.80. The Morgan fingerprint density at radius 1 is 1.33 bits per heavy atom. The van der Waals surface area contributed by atoms with Gasteiger partial charge in [-0.15, -0.1) is 0 Å². The van der Waals surface area contributed by atoms with Crippen molar-refractivity contribution in [1.82, 2.24) is 9.78 Å². The summed E-state index contributed by atoms with van der Waals surface area (Å²) in [5.41, 5.74) is 0.295. The van der Waals surface area contributed by atoms with Crippen molar-refractivity contribution in [3.63, 3.8) is 0 Å². The van der Waals surface area contributed by atoms with Gasteiger partial charge in [0.05, 0.1) is 11.9 Å². The number of rotatable bonds is 3. The number of hydrogen-bond donors (Lipinski definition) is 1. The number of alkyl halides is 2. The number of aryl methyl sites for hydroxylation is 1. The molecule has 1 heterocycles. The minimum Gasteiger partial charge on any atom is -0.478 e. The van der Waals surface area contributed by atoms with Crippen molar-refractivity contribution in [2.24, 2.45) is 0 Å². The molecule has 0 fully saturated rings. The summed E-state index contributed by atoms with van der Waals surface area (Å²) in [6.07, 6.45) is -1.97. The van der Waals surface area contributed by atoms with Gasteiger partial charge in [0.25, 0.3) is 6.43 Å². The summed E-state index contributed by atoms with van der Waals surface area (Å²) in [5.74, 6) is -1.41. The molecule has 4 nitrogen and oxygen atoms in total. The lowest BCUT2D eigenvalue weighted by Crippen LogP contribution is -2.07. The average Bonchev–Trinajstić information content (AvgIpc) is 2.74. The molecule has 0 unspecified atom stereocenters. The maximum Gasteiger partial charge on any atom is 0.339 e. The second-order valence-electron chi connectivity index (χ2n) is 3.80. The van der Waals surface area contributed by atoms with Crippen LogP contribution in [-0.4, -0.2) is 20.9 Å². The fourth-order valence-corrected chi connectivity index (χ4v) is 1.62. The van der Waals surface area contributed by atoms with E-state index in [0.29, 0.717) is 5.69 Å². The van der Waals surface area contributed by atoms with Crippen molar-refractivity contribution in [3.8, 4) is 5.69 Å². The molecule has 0 aliphatic carbocycles. The number of nitrogens with zero attached hydrogens (tertiary/aromatic N) is 2. The zero-order valence-electron chi connectivity index (χ0n) is 9.47. The van der Waals surface area contributed by atoms with Gasteiger partial charge < -0.3 is 5.11 Å². The molecule has 6 heteroatoms. The summed E-state index contributed by atoms with van der Waals surface area (Å²) in [6, 6.07) is 6.71. The molecule has 0 aliphatic heterocycles. The fourth-order valence-electron chi connectivity index (χ4n) is 1.62. The summed E-state index contributed by atoms with van der Waals surface area (Å²) in [4.78, 5) is 10.8. The Bertz CT molecular complexity index is 576. The van der Waals surface area contributed by atoms with Gasteiger partial charge in [-0.2, -0.15) is 5.10 Å². The van der Waals surface area contributed by atoms with Gasteiger partial charge in [-0.25, -0.2) is 18.3 Å². The predicted molar refractivity (Wildman–Crippen MR) is 60.2 cm³/mol. The van der Waals surface area contributed by atoms with Gasteiger partial charge in [-0.05, 0) is 19.1 Å². The molecule has 0 amide bonds. The number of carboxylic acid groups (broad SMARTS) is 1. The fraction of sp³-hybridized carbons (Fsp3) is 0.167. The SMILES string of the molecule is Cc1ccc(-n2ncc(C(=O)O)c2C(F)F)cc1. The Labute approximate surface area is 101 Å². The molecule has 1 N–H and O–H groups in total. The third-order valence-electron chi connectivity index (χ3n) is 2.52. The van der Waals surface area contributed by atoms with Crippen molar-refractivity contribution in [1.29, 1.82) is 0 Å².